The third kappa shape index (κ3) is 2.52. The van der Waals surface area contributed by atoms with E-state index in [0.29, 0.717) is 6.54 Å². The van der Waals surface area contributed by atoms with E-state index >= 15 is 0 Å². The molecule has 1 atom stereocenters. The molecule has 1 aliphatic heterocycles. The minimum absolute atomic E-state index is 0.0110. The van der Waals surface area contributed by atoms with Crippen LogP contribution in [0.4, 0.5) is 0 Å². The van der Waals surface area contributed by atoms with Gasteiger partial charge in [-0.1, -0.05) is 0 Å². The number of likely N-dealkylation sites (N-methyl/N-ethyl adjacent to an activating group) is 1. The van der Waals surface area contributed by atoms with Crippen LogP contribution in [0, 0.1) is 0 Å². The van der Waals surface area contributed by atoms with Crippen LogP contribution in [0.3, 0.4) is 0 Å². The molecule has 0 aliphatic carbocycles. The number of rotatable bonds is 2. The van der Waals surface area contributed by atoms with Gasteiger partial charge in [0.1, 0.15) is 0 Å². The molecule has 2 rings (SSSR count). The van der Waals surface area contributed by atoms with E-state index < -0.39 is 0 Å². The summed E-state index contributed by atoms with van der Waals surface area (Å²) < 4.78 is 1.67. The zero-order valence-corrected chi connectivity index (χ0v) is 11.0. The van der Waals surface area contributed by atoms with Gasteiger partial charge in [0.25, 0.3) is 0 Å². The molecular weight excluding hydrogens is 232 g/mol. The van der Waals surface area contributed by atoms with Gasteiger partial charge in [0.05, 0.1) is 18.7 Å². The Bertz CT molecular complexity index is 468. The number of piperazine rings is 1. The molecule has 1 fully saturated rings. The lowest BCUT2D eigenvalue weighted by molar-refractivity contribution is -0.146. The summed E-state index contributed by atoms with van der Waals surface area (Å²) in [7, 11) is 3.59. The largest absolute Gasteiger partial charge is 0.340 e. The number of nitrogens with zero attached hydrogens (tertiary/aromatic N) is 4. The third-order valence-corrected chi connectivity index (χ3v) is 3.32. The summed E-state index contributed by atoms with van der Waals surface area (Å²) in [5, 5.41) is 4.17. The smallest absolute Gasteiger partial charge is 0.242 e. The van der Waals surface area contributed by atoms with Gasteiger partial charge in [-0.25, -0.2) is 0 Å². The van der Waals surface area contributed by atoms with Crippen LogP contribution in [0.15, 0.2) is 12.3 Å². The van der Waals surface area contributed by atoms with E-state index in [0.717, 1.165) is 5.69 Å². The molecule has 6 heteroatoms. The van der Waals surface area contributed by atoms with E-state index in [-0.39, 0.29) is 30.8 Å². The number of carbonyl (C=O) groups excluding carboxylic acids is 2. The molecule has 6 nitrogen and oxygen atoms in total. The average molecular weight is 250 g/mol. The van der Waals surface area contributed by atoms with Crippen LogP contribution >= 0.6 is 0 Å². The first-order chi connectivity index (χ1) is 8.47. The number of hydrogen-bond acceptors (Lipinski definition) is 3. The highest BCUT2D eigenvalue weighted by Crippen LogP contribution is 2.10. The summed E-state index contributed by atoms with van der Waals surface area (Å²) in [5.74, 6) is -0.0508. The van der Waals surface area contributed by atoms with Crippen LogP contribution < -0.4 is 0 Å². The first kappa shape index (κ1) is 12.6. The van der Waals surface area contributed by atoms with Crippen LogP contribution in [-0.4, -0.2) is 57.6 Å². The fraction of sp³-hybridized carbons (Fsp3) is 0.583. The maximum absolute atomic E-state index is 12.1. The molecule has 98 valence electrons. The normalized spacial score (nSPS) is 20.4. The average Bonchev–Trinajstić information content (AvgIpc) is 2.71. The van der Waals surface area contributed by atoms with Gasteiger partial charge in [-0.3, -0.25) is 14.3 Å². The fourth-order valence-corrected chi connectivity index (χ4v) is 2.04. The standard InChI is InChI=1S/C12H18N4O2/c1-9-7-16(8-12(18)15(9)3)11(17)6-10-4-5-14(2)13-10/h4-5,9H,6-8H2,1-3H3. The topological polar surface area (TPSA) is 58.4 Å². The van der Waals surface area contributed by atoms with E-state index in [1.54, 1.807) is 27.7 Å². The zero-order chi connectivity index (χ0) is 13.3. The van der Waals surface area contributed by atoms with Crippen molar-refractivity contribution in [3.8, 4) is 0 Å². The highest BCUT2D eigenvalue weighted by atomic mass is 16.2. The molecule has 0 bridgehead atoms. The fourth-order valence-electron chi connectivity index (χ4n) is 2.04. The van der Waals surface area contributed by atoms with E-state index in [4.69, 9.17) is 0 Å². The molecular formula is C12H18N4O2. The van der Waals surface area contributed by atoms with Gasteiger partial charge in [0.2, 0.25) is 11.8 Å². The van der Waals surface area contributed by atoms with Crippen molar-refractivity contribution >= 4 is 11.8 Å². The van der Waals surface area contributed by atoms with Crippen molar-refractivity contribution in [1.82, 2.24) is 19.6 Å². The van der Waals surface area contributed by atoms with Crippen molar-refractivity contribution in [2.75, 3.05) is 20.1 Å². The van der Waals surface area contributed by atoms with Crippen molar-refractivity contribution in [1.29, 1.82) is 0 Å². The van der Waals surface area contributed by atoms with Crippen molar-refractivity contribution in [2.24, 2.45) is 7.05 Å². The minimum atomic E-state index is -0.0398. The Hall–Kier alpha value is -1.85. The Labute approximate surface area is 106 Å². The Kier molecular flexibility index (Phi) is 3.36. The monoisotopic (exact) mass is 250 g/mol. The Morgan fingerprint density at radius 2 is 2.22 bits per heavy atom. The van der Waals surface area contributed by atoms with Crippen molar-refractivity contribution in [3.63, 3.8) is 0 Å². The summed E-state index contributed by atoms with van der Waals surface area (Å²) in [6, 6.07) is 1.89. The Balaban J connectivity index is 1.99. The summed E-state index contributed by atoms with van der Waals surface area (Å²) in [6.07, 6.45) is 2.06. The third-order valence-electron chi connectivity index (χ3n) is 3.32. The van der Waals surface area contributed by atoms with Gasteiger partial charge in [-0.05, 0) is 13.0 Å². The number of amides is 2. The van der Waals surface area contributed by atoms with Crippen LogP contribution in [0.2, 0.25) is 0 Å². The molecule has 2 heterocycles. The molecule has 0 N–H and O–H groups in total. The molecule has 2 amide bonds. The first-order valence-corrected chi connectivity index (χ1v) is 5.99. The molecule has 0 radical (unpaired) electrons. The van der Waals surface area contributed by atoms with Gasteiger partial charge < -0.3 is 9.80 Å². The number of aromatic nitrogens is 2. The van der Waals surface area contributed by atoms with E-state index in [1.807, 2.05) is 20.0 Å². The lowest BCUT2D eigenvalue weighted by Crippen LogP contribution is -2.55. The van der Waals surface area contributed by atoms with Crippen LogP contribution in [0.5, 0.6) is 0 Å². The highest BCUT2D eigenvalue weighted by molar-refractivity contribution is 5.86. The van der Waals surface area contributed by atoms with E-state index in [1.165, 1.54) is 0 Å². The van der Waals surface area contributed by atoms with Crippen molar-refractivity contribution in [3.05, 3.63) is 18.0 Å². The molecule has 1 unspecified atom stereocenters. The number of aryl methyl sites for hydroxylation is 1. The first-order valence-electron chi connectivity index (χ1n) is 5.99. The summed E-state index contributed by atoms with van der Waals surface area (Å²) in [5.41, 5.74) is 0.738. The van der Waals surface area contributed by atoms with E-state index in [2.05, 4.69) is 5.10 Å². The molecule has 18 heavy (non-hydrogen) atoms. The molecule has 1 aromatic rings. The van der Waals surface area contributed by atoms with E-state index in [9.17, 15) is 9.59 Å². The van der Waals surface area contributed by atoms with Gasteiger partial charge >= 0.3 is 0 Å². The maximum atomic E-state index is 12.1. The lowest BCUT2D eigenvalue weighted by Gasteiger charge is -2.37. The van der Waals surface area contributed by atoms with Gasteiger partial charge in [-0.2, -0.15) is 5.10 Å². The Morgan fingerprint density at radius 3 is 2.78 bits per heavy atom. The molecule has 1 aliphatic rings. The minimum Gasteiger partial charge on any atom is -0.340 e. The Morgan fingerprint density at radius 1 is 1.50 bits per heavy atom. The quantitative estimate of drug-likeness (QED) is 0.721. The van der Waals surface area contributed by atoms with Crippen LogP contribution in [-0.2, 0) is 23.1 Å². The van der Waals surface area contributed by atoms with Crippen LogP contribution in [0.25, 0.3) is 0 Å². The molecule has 0 aromatic carbocycles. The second kappa shape index (κ2) is 4.80. The molecule has 0 saturated carbocycles. The predicted molar refractivity (Wildman–Crippen MR) is 65.7 cm³/mol. The summed E-state index contributed by atoms with van der Waals surface area (Å²) in [4.78, 5) is 27.1. The van der Waals surface area contributed by atoms with Crippen molar-refractivity contribution in [2.45, 2.75) is 19.4 Å². The number of hydrogen-bond donors (Lipinski definition) is 0. The SMILES string of the molecule is CC1CN(C(=O)Cc2ccn(C)n2)CC(=O)N1C. The molecule has 1 aromatic heterocycles. The predicted octanol–water partition coefficient (Wildman–Crippen LogP) is -0.348. The van der Waals surface area contributed by atoms with Crippen LogP contribution in [0.1, 0.15) is 12.6 Å². The number of carbonyl (C=O) groups is 2. The molecule has 0 spiro atoms. The maximum Gasteiger partial charge on any atom is 0.242 e. The summed E-state index contributed by atoms with van der Waals surface area (Å²) in [6.45, 7) is 2.71. The molecule has 1 saturated heterocycles. The van der Waals surface area contributed by atoms with Gasteiger partial charge in [-0.15, -0.1) is 0 Å². The highest BCUT2D eigenvalue weighted by Gasteiger charge is 2.29. The van der Waals surface area contributed by atoms with Crippen molar-refractivity contribution < 1.29 is 9.59 Å². The van der Waals surface area contributed by atoms with Gasteiger partial charge in [0.15, 0.2) is 0 Å². The second-order valence-corrected chi connectivity index (χ2v) is 4.79. The summed E-state index contributed by atoms with van der Waals surface area (Å²) >= 11 is 0. The second-order valence-electron chi connectivity index (χ2n) is 4.79. The zero-order valence-electron chi connectivity index (χ0n) is 11.0. The lowest BCUT2D eigenvalue weighted by atomic mass is 10.1. The van der Waals surface area contributed by atoms with Gasteiger partial charge in [0, 0.05) is 32.9 Å².